The van der Waals surface area contributed by atoms with Crippen molar-refractivity contribution in [2.24, 2.45) is 0 Å². The summed E-state index contributed by atoms with van der Waals surface area (Å²) in [6.07, 6.45) is 29.2. The summed E-state index contributed by atoms with van der Waals surface area (Å²) in [4.78, 5) is 0. The first kappa shape index (κ1) is 49.0. The first-order valence-corrected chi connectivity index (χ1v) is 21.2. The van der Waals surface area contributed by atoms with E-state index >= 15 is 0 Å². The summed E-state index contributed by atoms with van der Waals surface area (Å²) >= 11 is 0. The van der Waals surface area contributed by atoms with Crippen LogP contribution in [0.25, 0.3) is 16.9 Å². The molecule has 0 bridgehead atoms. The number of nitrogens with zero attached hydrogens (tertiary/aromatic N) is 2. The van der Waals surface area contributed by atoms with Crippen LogP contribution in [0.2, 0.25) is 0 Å². The Morgan fingerprint density at radius 3 is 1.41 bits per heavy atom. The third-order valence-electron chi connectivity index (χ3n) is 9.69. The van der Waals surface area contributed by atoms with E-state index < -0.39 is 0 Å². The van der Waals surface area contributed by atoms with Crippen molar-refractivity contribution in [2.45, 2.75) is 196 Å². The Balaban J connectivity index is 0.00000200. The SMILES string of the molecule is CCCCCCCCc1cccc(C2=C(CCCCCC)C(CCCC)=C(c3ccc(CCCC)cc3)[N+]2=[N-])c1.[CH2-]CCCC.[CH2-]CCCC.[Ni+2]. The predicted octanol–water partition coefficient (Wildman–Crippen LogP) is 16.3. The Morgan fingerprint density at radius 1 is 0.451 bits per heavy atom. The van der Waals surface area contributed by atoms with Crippen LogP contribution in [-0.2, 0) is 29.3 Å². The molecule has 0 spiro atoms. The van der Waals surface area contributed by atoms with Gasteiger partial charge in [-0.1, -0.05) is 156 Å². The van der Waals surface area contributed by atoms with Crippen LogP contribution in [-0.4, -0.2) is 4.70 Å². The average Bonchev–Trinajstić information content (AvgIpc) is 3.41. The topological polar surface area (TPSA) is 25.3 Å². The second-order valence-electron chi connectivity index (χ2n) is 14.3. The maximum Gasteiger partial charge on any atom is 2.00 e. The first-order valence-electron chi connectivity index (χ1n) is 21.2. The van der Waals surface area contributed by atoms with Crippen LogP contribution in [0.4, 0.5) is 0 Å². The van der Waals surface area contributed by atoms with Crippen molar-refractivity contribution in [1.82, 2.24) is 0 Å². The van der Waals surface area contributed by atoms with Gasteiger partial charge >= 0.3 is 16.5 Å². The van der Waals surface area contributed by atoms with E-state index in [2.05, 4.69) is 104 Å². The molecule has 0 N–H and O–H groups in total. The number of benzene rings is 2. The third-order valence-corrected chi connectivity index (χ3v) is 9.69. The van der Waals surface area contributed by atoms with Crippen molar-refractivity contribution in [3.63, 3.8) is 0 Å². The second-order valence-corrected chi connectivity index (χ2v) is 14.3. The predicted molar refractivity (Wildman–Crippen MR) is 224 cm³/mol. The van der Waals surface area contributed by atoms with Crippen LogP contribution in [0.3, 0.4) is 0 Å². The van der Waals surface area contributed by atoms with Crippen molar-refractivity contribution < 1.29 is 21.2 Å². The zero-order valence-electron chi connectivity index (χ0n) is 34.2. The summed E-state index contributed by atoms with van der Waals surface area (Å²) in [5.41, 5.74) is 21.8. The molecule has 2 aromatic rings. The number of aryl methyl sites for hydroxylation is 2. The molecule has 0 saturated carbocycles. The first-order chi connectivity index (χ1) is 24.5. The summed E-state index contributed by atoms with van der Waals surface area (Å²) in [6, 6.07) is 18.0. The van der Waals surface area contributed by atoms with E-state index in [0.29, 0.717) is 0 Å². The molecular weight excluding hydrogens is 663 g/mol. The normalized spacial score (nSPS) is 12.4. The van der Waals surface area contributed by atoms with E-state index in [9.17, 15) is 5.53 Å². The Kier molecular flexibility index (Phi) is 31.4. The van der Waals surface area contributed by atoms with Gasteiger partial charge in [-0.25, -0.2) is 4.70 Å². The Bertz CT molecular complexity index is 1200. The largest absolute Gasteiger partial charge is 2.00 e. The van der Waals surface area contributed by atoms with Crippen molar-refractivity contribution in [3.8, 4) is 0 Å². The van der Waals surface area contributed by atoms with Gasteiger partial charge in [-0.05, 0) is 86.8 Å². The van der Waals surface area contributed by atoms with E-state index in [1.54, 1.807) is 4.70 Å². The maximum atomic E-state index is 11.9. The van der Waals surface area contributed by atoms with Crippen molar-refractivity contribution in [3.05, 3.63) is 101 Å². The molecule has 0 aliphatic carbocycles. The van der Waals surface area contributed by atoms with Crippen LogP contribution in [0, 0.1) is 13.8 Å². The molecule has 0 radical (unpaired) electrons. The molecule has 2 nitrogen and oxygen atoms in total. The minimum absolute atomic E-state index is 0. The average molecular weight is 742 g/mol. The monoisotopic (exact) mass is 741 g/mol. The minimum Gasteiger partial charge on any atom is -0.493 e. The molecule has 1 aliphatic heterocycles. The van der Waals surface area contributed by atoms with Crippen molar-refractivity contribution in [1.29, 1.82) is 0 Å². The zero-order chi connectivity index (χ0) is 36.8. The molecule has 51 heavy (non-hydrogen) atoms. The molecule has 0 amide bonds. The fourth-order valence-corrected chi connectivity index (χ4v) is 6.56. The van der Waals surface area contributed by atoms with Crippen molar-refractivity contribution >= 4 is 11.4 Å². The molecule has 1 aliphatic rings. The summed E-state index contributed by atoms with van der Waals surface area (Å²) < 4.78 is 1.56. The van der Waals surface area contributed by atoms with E-state index in [0.717, 1.165) is 68.3 Å². The van der Waals surface area contributed by atoms with Crippen LogP contribution < -0.4 is 0 Å². The van der Waals surface area contributed by atoms with Crippen molar-refractivity contribution in [2.75, 3.05) is 0 Å². The molecule has 0 fully saturated rings. The summed E-state index contributed by atoms with van der Waals surface area (Å²) in [6.45, 7) is 20.8. The summed E-state index contributed by atoms with van der Waals surface area (Å²) in [7, 11) is 0. The maximum absolute atomic E-state index is 11.9. The number of unbranched alkanes of at least 4 members (excludes halogenated alkanes) is 14. The number of allylic oxidation sites excluding steroid dienone is 2. The number of hydrogen-bond donors (Lipinski definition) is 0. The van der Waals surface area contributed by atoms with Gasteiger partial charge in [-0.2, -0.15) is 12.8 Å². The third kappa shape index (κ3) is 19.6. The van der Waals surface area contributed by atoms with E-state index in [-0.39, 0.29) is 16.5 Å². The quantitative estimate of drug-likeness (QED) is 0.0443. The minimum atomic E-state index is 0. The zero-order valence-corrected chi connectivity index (χ0v) is 35.2. The van der Waals surface area contributed by atoms with Crippen LogP contribution in [0.15, 0.2) is 59.7 Å². The Morgan fingerprint density at radius 2 is 0.882 bits per heavy atom. The Hall–Kier alpha value is -1.99. The molecule has 0 saturated heterocycles. The van der Waals surface area contributed by atoms with Crippen LogP contribution in [0.5, 0.6) is 0 Å². The van der Waals surface area contributed by atoms with Gasteiger partial charge in [0.1, 0.15) is 0 Å². The van der Waals surface area contributed by atoms with Gasteiger partial charge < -0.3 is 19.4 Å². The van der Waals surface area contributed by atoms with Crippen LogP contribution >= 0.6 is 0 Å². The van der Waals surface area contributed by atoms with E-state index in [1.165, 1.54) is 131 Å². The number of hydrogen-bond acceptors (Lipinski definition) is 0. The van der Waals surface area contributed by atoms with E-state index in [1.807, 2.05) is 0 Å². The smallest absolute Gasteiger partial charge is 0.493 e. The van der Waals surface area contributed by atoms with Gasteiger partial charge in [-0.15, -0.1) is 0 Å². The van der Waals surface area contributed by atoms with Crippen LogP contribution in [0.1, 0.15) is 205 Å². The van der Waals surface area contributed by atoms with Gasteiger partial charge in [-0.3, -0.25) is 0 Å². The molecule has 290 valence electrons. The molecule has 3 heteroatoms. The van der Waals surface area contributed by atoms with Gasteiger partial charge in [0.25, 0.3) is 0 Å². The van der Waals surface area contributed by atoms with Gasteiger partial charge in [0, 0.05) is 22.3 Å². The fourth-order valence-electron chi connectivity index (χ4n) is 6.56. The molecular formula is C48H78N2Ni. The second kappa shape index (κ2) is 32.6. The van der Waals surface area contributed by atoms with Gasteiger partial charge in [0.15, 0.2) is 0 Å². The summed E-state index contributed by atoms with van der Waals surface area (Å²) in [5, 5.41) is 0. The molecule has 2 aromatic carbocycles. The summed E-state index contributed by atoms with van der Waals surface area (Å²) in [5.74, 6) is 0. The molecule has 0 atom stereocenters. The molecule has 0 unspecified atom stereocenters. The molecule has 3 rings (SSSR count). The van der Waals surface area contributed by atoms with Gasteiger partial charge in [0.05, 0.1) is 0 Å². The Labute approximate surface area is 328 Å². The molecule has 1 heterocycles. The standard InChI is InChI=1S/C38H56N2.2C5H11.Ni/c1-5-9-13-15-16-17-21-32-22-19-23-34(30-32)38-36(25-18-14-10-6-2)35(24-12-8-4)37(40(38)39)33-28-26-31(27-29-33)20-11-7-3;2*1-3-5-4-2;/h19,22-23,26-30H,5-18,20-21,24-25H2,1-4H3;2*1,3-5H2,2H3;/q;2*-1;+2. The number of rotatable bonds is 24. The molecule has 0 aromatic heterocycles. The van der Waals surface area contributed by atoms with E-state index in [4.69, 9.17) is 0 Å². The fraction of sp³-hybridized carbons (Fsp3) is 0.625. The van der Waals surface area contributed by atoms with Gasteiger partial charge in [0.2, 0.25) is 11.4 Å².